The molecule has 2 rings (SSSR count). The molecule has 1 fully saturated rings. The van der Waals surface area contributed by atoms with Gasteiger partial charge < -0.3 is 15.7 Å². The number of benzene rings is 1. The minimum atomic E-state index is -1.06. The van der Waals surface area contributed by atoms with Gasteiger partial charge in [0.05, 0.1) is 0 Å². The Balaban J connectivity index is 0.00000264. The van der Waals surface area contributed by atoms with Gasteiger partial charge in [0.15, 0.2) is 0 Å². The van der Waals surface area contributed by atoms with Crippen molar-refractivity contribution >= 4 is 30.4 Å². The minimum Gasteiger partial charge on any atom is -0.480 e. The highest BCUT2D eigenvalue weighted by atomic mass is 35.5. The summed E-state index contributed by atoms with van der Waals surface area (Å²) in [6, 6.07) is 9.24. The summed E-state index contributed by atoms with van der Waals surface area (Å²) >= 11 is 0. The third kappa shape index (κ3) is 6.42. The molecule has 0 unspecified atom stereocenters. The molecule has 1 aromatic rings. The number of amides is 1. The summed E-state index contributed by atoms with van der Waals surface area (Å²) in [5.41, 5.74) is 6.54. The van der Waals surface area contributed by atoms with E-state index < -0.39 is 12.0 Å². The molecule has 1 amide bonds. The van der Waals surface area contributed by atoms with Crippen LogP contribution >= 0.6 is 12.4 Å². The zero-order chi connectivity index (χ0) is 15.9. The molecule has 1 aliphatic carbocycles. The van der Waals surface area contributed by atoms with Gasteiger partial charge in [-0.2, -0.15) is 0 Å². The highest BCUT2D eigenvalue weighted by Crippen LogP contribution is 2.27. The zero-order valence-corrected chi connectivity index (χ0v) is 13.7. The lowest BCUT2D eigenvalue weighted by Gasteiger charge is -2.21. The molecule has 0 bridgehead atoms. The molecule has 1 aliphatic rings. The van der Waals surface area contributed by atoms with E-state index in [9.17, 15) is 9.59 Å². The summed E-state index contributed by atoms with van der Waals surface area (Å²) in [5, 5.41) is 8.76. The Hall–Kier alpha value is -1.85. The number of nitrogens with zero attached hydrogens (tertiary/aromatic N) is 1. The number of carboxylic acids is 1. The molecule has 5 nitrogen and oxygen atoms in total. The Kier molecular flexibility index (Phi) is 7.78. The molecule has 0 saturated heterocycles. The number of carbonyl (C=O) groups excluding carboxylic acids is 1. The summed E-state index contributed by atoms with van der Waals surface area (Å²) in [6.45, 7) is 0.556. The fourth-order valence-electron chi connectivity index (χ4n) is 2.25. The van der Waals surface area contributed by atoms with Crippen molar-refractivity contribution < 1.29 is 14.7 Å². The Morgan fingerprint density at radius 3 is 2.52 bits per heavy atom. The standard InChI is InChI=1S/C17H22N2O3.ClH/c18-15(17(21)22)10-11-16(20)19(14-8-9-14)12-4-7-13-5-2-1-3-6-13;/h1-7,14-15H,8-12,18H2,(H,21,22);1H/t15-;/m0./s1. The van der Waals surface area contributed by atoms with Gasteiger partial charge in [0, 0.05) is 19.0 Å². The molecule has 3 N–H and O–H groups in total. The van der Waals surface area contributed by atoms with Crippen molar-refractivity contribution in [3.8, 4) is 0 Å². The first-order valence-electron chi connectivity index (χ1n) is 7.57. The Morgan fingerprint density at radius 1 is 1.30 bits per heavy atom. The van der Waals surface area contributed by atoms with Crippen molar-refractivity contribution in [2.45, 2.75) is 37.8 Å². The normalized spacial score (nSPS) is 15.0. The predicted molar refractivity (Wildman–Crippen MR) is 92.3 cm³/mol. The average molecular weight is 339 g/mol. The molecule has 0 aliphatic heterocycles. The Morgan fingerprint density at radius 2 is 1.96 bits per heavy atom. The van der Waals surface area contributed by atoms with Crippen LogP contribution in [-0.2, 0) is 9.59 Å². The fourth-order valence-corrected chi connectivity index (χ4v) is 2.25. The lowest BCUT2D eigenvalue weighted by Crippen LogP contribution is -2.36. The van der Waals surface area contributed by atoms with Gasteiger partial charge in [-0.1, -0.05) is 42.5 Å². The van der Waals surface area contributed by atoms with Crippen molar-refractivity contribution in [2.24, 2.45) is 5.73 Å². The SMILES string of the molecule is Cl.N[C@@H](CCC(=O)N(CC=Cc1ccccc1)C1CC1)C(=O)O. The molecule has 0 spiro atoms. The number of nitrogens with two attached hydrogens (primary N) is 1. The summed E-state index contributed by atoms with van der Waals surface area (Å²) in [5.74, 6) is -1.08. The number of hydrogen-bond acceptors (Lipinski definition) is 3. The molecule has 6 heteroatoms. The summed E-state index contributed by atoms with van der Waals surface area (Å²) in [6.07, 6.45) is 6.38. The summed E-state index contributed by atoms with van der Waals surface area (Å²) in [4.78, 5) is 24.8. The summed E-state index contributed by atoms with van der Waals surface area (Å²) in [7, 11) is 0. The molecule has 1 atom stereocenters. The highest BCUT2D eigenvalue weighted by molar-refractivity contribution is 5.85. The van der Waals surface area contributed by atoms with Crippen LogP contribution in [0.3, 0.4) is 0 Å². The maximum Gasteiger partial charge on any atom is 0.320 e. The number of carboxylic acid groups (broad SMARTS) is 1. The van der Waals surface area contributed by atoms with Crippen molar-refractivity contribution in [2.75, 3.05) is 6.54 Å². The van der Waals surface area contributed by atoms with Crippen molar-refractivity contribution in [3.63, 3.8) is 0 Å². The quantitative estimate of drug-likeness (QED) is 0.761. The molecule has 0 radical (unpaired) electrons. The van der Waals surface area contributed by atoms with Crippen molar-refractivity contribution in [1.82, 2.24) is 4.90 Å². The van der Waals surface area contributed by atoms with Gasteiger partial charge in [-0.15, -0.1) is 12.4 Å². The molecular formula is C17H23ClN2O3. The van der Waals surface area contributed by atoms with Gasteiger partial charge >= 0.3 is 5.97 Å². The second kappa shape index (κ2) is 9.33. The number of rotatable bonds is 8. The van der Waals surface area contributed by atoms with E-state index in [1.807, 2.05) is 47.4 Å². The third-order valence-corrected chi connectivity index (χ3v) is 3.71. The topological polar surface area (TPSA) is 83.6 Å². The molecular weight excluding hydrogens is 316 g/mol. The van der Waals surface area contributed by atoms with Gasteiger partial charge in [-0.3, -0.25) is 9.59 Å². The summed E-state index contributed by atoms with van der Waals surface area (Å²) < 4.78 is 0. The average Bonchev–Trinajstić information content (AvgIpc) is 3.34. The van der Waals surface area contributed by atoms with E-state index >= 15 is 0 Å². The van der Waals surface area contributed by atoms with Gasteiger partial charge in [-0.25, -0.2) is 0 Å². The minimum absolute atomic E-state index is 0. The van der Waals surface area contributed by atoms with Crippen LogP contribution in [0, 0.1) is 0 Å². The zero-order valence-electron chi connectivity index (χ0n) is 12.9. The highest BCUT2D eigenvalue weighted by Gasteiger charge is 2.31. The molecule has 1 saturated carbocycles. The van der Waals surface area contributed by atoms with Crippen LogP contribution in [0.15, 0.2) is 36.4 Å². The molecule has 0 aromatic heterocycles. The fraction of sp³-hybridized carbons (Fsp3) is 0.412. The van der Waals surface area contributed by atoms with Gasteiger partial charge in [0.2, 0.25) is 5.91 Å². The first kappa shape index (κ1) is 19.2. The maximum atomic E-state index is 12.2. The molecule has 23 heavy (non-hydrogen) atoms. The predicted octanol–water partition coefficient (Wildman–Crippen LogP) is 2.30. The molecule has 0 heterocycles. The van der Waals surface area contributed by atoms with E-state index in [0.717, 1.165) is 18.4 Å². The Bertz CT molecular complexity index is 544. The van der Waals surface area contributed by atoms with Crippen LogP contribution in [0.2, 0.25) is 0 Å². The first-order valence-corrected chi connectivity index (χ1v) is 7.57. The molecule has 1 aromatic carbocycles. The number of halogens is 1. The number of aliphatic carboxylic acids is 1. The van der Waals surface area contributed by atoms with Crippen molar-refractivity contribution in [3.05, 3.63) is 42.0 Å². The van der Waals surface area contributed by atoms with Crippen LogP contribution in [-0.4, -0.2) is 40.5 Å². The van der Waals surface area contributed by atoms with E-state index in [0.29, 0.717) is 12.6 Å². The maximum absolute atomic E-state index is 12.2. The Labute approximate surface area is 142 Å². The van der Waals surface area contributed by atoms with Gasteiger partial charge in [0.25, 0.3) is 0 Å². The first-order chi connectivity index (χ1) is 10.6. The van der Waals surface area contributed by atoms with E-state index in [2.05, 4.69) is 0 Å². The lowest BCUT2D eigenvalue weighted by molar-refractivity contribution is -0.139. The van der Waals surface area contributed by atoms with E-state index in [1.54, 1.807) is 0 Å². The van der Waals surface area contributed by atoms with Crippen LogP contribution in [0.1, 0.15) is 31.2 Å². The van der Waals surface area contributed by atoms with Crippen LogP contribution in [0.5, 0.6) is 0 Å². The number of hydrogen-bond donors (Lipinski definition) is 2. The smallest absolute Gasteiger partial charge is 0.320 e. The van der Waals surface area contributed by atoms with Gasteiger partial charge in [0.1, 0.15) is 6.04 Å². The van der Waals surface area contributed by atoms with Crippen LogP contribution in [0.25, 0.3) is 6.08 Å². The third-order valence-electron chi connectivity index (χ3n) is 3.71. The van der Waals surface area contributed by atoms with Crippen molar-refractivity contribution in [1.29, 1.82) is 0 Å². The van der Waals surface area contributed by atoms with Crippen LogP contribution < -0.4 is 5.73 Å². The second-order valence-corrected chi connectivity index (χ2v) is 5.57. The lowest BCUT2D eigenvalue weighted by atomic mass is 10.1. The van der Waals surface area contributed by atoms with E-state index in [4.69, 9.17) is 10.8 Å². The van der Waals surface area contributed by atoms with E-state index in [1.165, 1.54) is 0 Å². The van der Waals surface area contributed by atoms with E-state index in [-0.39, 0.29) is 31.2 Å². The van der Waals surface area contributed by atoms with Crippen LogP contribution in [0.4, 0.5) is 0 Å². The van der Waals surface area contributed by atoms with Gasteiger partial charge in [-0.05, 0) is 24.8 Å². The second-order valence-electron chi connectivity index (χ2n) is 5.57. The molecule has 126 valence electrons. The largest absolute Gasteiger partial charge is 0.480 e. The number of carbonyl (C=O) groups is 2. The monoisotopic (exact) mass is 338 g/mol.